The van der Waals surface area contributed by atoms with Crippen molar-refractivity contribution in [2.75, 3.05) is 20.8 Å². The number of thiophene rings is 2. The summed E-state index contributed by atoms with van der Waals surface area (Å²) < 4.78 is 18.7. The zero-order valence-electron chi connectivity index (χ0n) is 29.5. The minimum atomic E-state index is -1.70. The molecule has 0 spiro atoms. The van der Waals surface area contributed by atoms with Gasteiger partial charge in [-0.25, -0.2) is 0 Å². The van der Waals surface area contributed by atoms with Crippen LogP contribution >= 0.6 is 38.6 Å². The summed E-state index contributed by atoms with van der Waals surface area (Å²) in [6.45, 7) is 16.3. The van der Waals surface area contributed by atoms with E-state index in [2.05, 4.69) is 84.4 Å². The van der Waals surface area contributed by atoms with Gasteiger partial charge in [-0.05, 0) is 103 Å². The molecule has 0 radical (unpaired) electrons. The number of halogens is 1. The largest absolute Gasteiger partial charge is 0.469 e. The molecular weight excluding hydrogens is 729 g/mol. The van der Waals surface area contributed by atoms with E-state index in [0.717, 1.165) is 49.7 Å². The molecule has 0 atom stereocenters. The van der Waals surface area contributed by atoms with E-state index in [1.54, 1.807) is 0 Å². The second-order valence-electron chi connectivity index (χ2n) is 13.4. The summed E-state index contributed by atoms with van der Waals surface area (Å²) in [5.74, 6) is -0.718. The molecule has 0 unspecified atom stereocenters. The maximum absolute atomic E-state index is 12.4. The van der Waals surface area contributed by atoms with Crippen molar-refractivity contribution in [3.05, 3.63) is 67.3 Å². The van der Waals surface area contributed by atoms with Crippen LogP contribution in [-0.4, -0.2) is 52.6 Å². The van der Waals surface area contributed by atoms with Gasteiger partial charge < -0.3 is 13.9 Å². The van der Waals surface area contributed by atoms with Gasteiger partial charge in [0, 0.05) is 33.3 Å². The summed E-state index contributed by atoms with van der Waals surface area (Å²) >= 11 is 6.45. The molecule has 11 heteroatoms. The molecule has 2 heterocycles. The van der Waals surface area contributed by atoms with Gasteiger partial charge in [0.1, 0.15) is 0 Å². The summed E-state index contributed by atoms with van der Waals surface area (Å²) in [5.41, 5.74) is 3.70. The molecule has 0 amide bonds. The van der Waals surface area contributed by atoms with Gasteiger partial charge in [-0.2, -0.15) is 0 Å². The first-order valence-electron chi connectivity index (χ1n) is 16.0. The van der Waals surface area contributed by atoms with Crippen LogP contribution in [0.4, 0.5) is 0 Å². The van der Waals surface area contributed by atoms with Crippen molar-refractivity contribution in [2.24, 2.45) is 0 Å². The summed E-state index contributed by atoms with van der Waals surface area (Å²) in [4.78, 5) is 48.1. The number of aryl methyl sites for hydroxylation is 3. The molecule has 0 saturated heterocycles. The van der Waals surface area contributed by atoms with Gasteiger partial charge in [0.15, 0.2) is 19.9 Å². The first kappa shape index (κ1) is 39.7. The first-order chi connectivity index (χ1) is 22.4. The average Bonchev–Trinajstić information content (AvgIpc) is 3.63. The Bertz CT molecular complexity index is 1740. The first-order valence-corrected chi connectivity index (χ1v) is 21.4. The Kier molecular flexibility index (Phi) is 14.3. The van der Waals surface area contributed by atoms with Crippen molar-refractivity contribution in [1.82, 2.24) is 0 Å². The Morgan fingerprint density at radius 1 is 0.729 bits per heavy atom. The lowest BCUT2D eigenvalue weighted by atomic mass is 10.0. The highest BCUT2D eigenvalue weighted by Crippen LogP contribution is 2.37. The van der Waals surface area contributed by atoms with Crippen LogP contribution in [0.2, 0.25) is 18.1 Å². The summed E-state index contributed by atoms with van der Waals surface area (Å²) in [6.07, 6.45) is 2.61. The third kappa shape index (κ3) is 10.9. The molecule has 0 fully saturated rings. The second kappa shape index (κ2) is 17.3. The van der Waals surface area contributed by atoms with E-state index in [-0.39, 0.29) is 54.2 Å². The molecule has 0 N–H and O–H groups in total. The zero-order valence-corrected chi connectivity index (χ0v) is 33.7. The molecular formula is C37H47BrO7S2Si. The van der Waals surface area contributed by atoms with E-state index in [1.165, 1.54) is 48.0 Å². The molecule has 7 nitrogen and oxygen atoms in total. The lowest BCUT2D eigenvalue weighted by Gasteiger charge is -2.36. The van der Waals surface area contributed by atoms with Crippen LogP contribution in [0.3, 0.4) is 0 Å². The quantitative estimate of drug-likeness (QED) is 0.0577. The maximum Gasteiger partial charge on any atom is 0.305 e. The molecule has 48 heavy (non-hydrogen) atoms. The molecule has 260 valence electrons. The van der Waals surface area contributed by atoms with Crippen LogP contribution in [0, 0.1) is 13.8 Å². The number of rotatable bonds is 13. The Morgan fingerprint density at radius 2 is 1.21 bits per heavy atom. The predicted octanol–water partition coefficient (Wildman–Crippen LogP) is 10.4. The molecule has 0 aliphatic heterocycles. The normalized spacial score (nSPS) is 11.7. The van der Waals surface area contributed by atoms with Crippen LogP contribution in [0.25, 0.3) is 20.2 Å². The Morgan fingerprint density at radius 3 is 1.69 bits per heavy atom. The highest BCUT2D eigenvalue weighted by molar-refractivity contribution is 9.10. The van der Waals surface area contributed by atoms with Gasteiger partial charge in [0.2, 0.25) is 0 Å². The number of hydrogen-bond acceptors (Lipinski definition) is 9. The minimum Gasteiger partial charge on any atom is -0.469 e. The molecule has 4 aromatic rings. The topological polar surface area (TPSA) is 96.0 Å². The van der Waals surface area contributed by atoms with Gasteiger partial charge in [-0.15, -0.1) is 22.7 Å². The van der Waals surface area contributed by atoms with Gasteiger partial charge >= 0.3 is 11.9 Å². The third-order valence-corrected chi connectivity index (χ3v) is 16.4. The number of benzene rings is 2. The van der Waals surface area contributed by atoms with Crippen molar-refractivity contribution >= 4 is 90.6 Å². The molecule has 0 bridgehead atoms. The van der Waals surface area contributed by atoms with Gasteiger partial charge in [0.25, 0.3) is 0 Å². The lowest BCUT2D eigenvalue weighted by molar-refractivity contribution is -0.141. The maximum atomic E-state index is 12.4. The van der Waals surface area contributed by atoms with E-state index in [1.807, 2.05) is 25.1 Å². The lowest BCUT2D eigenvalue weighted by Crippen LogP contribution is -2.41. The highest BCUT2D eigenvalue weighted by Gasteiger charge is 2.36. The van der Waals surface area contributed by atoms with Gasteiger partial charge in [-0.3, -0.25) is 19.2 Å². The van der Waals surface area contributed by atoms with E-state index in [9.17, 15) is 19.2 Å². The van der Waals surface area contributed by atoms with E-state index in [4.69, 9.17) is 4.43 Å². The summed E-state index contributed by atoms with van der Waals surface area (Å²) in [5, 5.41) is 2.38. The minimum absolute atomic E-state index is 0.00132. The fraction of sp³-hybridized carbons (Fsp3) is 0.459. The molecule has 0 aliphatic carbocycles. The fourth-order valence-corrected chi connectivity index (χ4v) is 8.30. The zero-order chi connectivity index (χ0) is 35.8. The standard InChI is InChI=1S/C23H34O4SSi.C14H13BrO3S/c1-16-13-20-18(15-21(28-20)19(24)10-11-22(25)26-5)14-17(16)9-8-12-27-29(6,7)23(2,3)4;1-8-5-12-9(6-10(8)15)7-13(19-12)11(16)3-4-14(17)18-2/h13-15H,8-12H2,1-7H3;5-7H,3-4H2,1-2H3. The van der Waals surface area contributed by atoms with Crippen LogP contribution in [0.5, 0.6) is 0 Å². The summed E-state index contributed by atoms with van der Waals surface area (Å²) in [7, 11) is 0.970. The fourth-order valence-electron chi connectivity index (χ4n) is 4.63. The van der Waals surface area contributed by atoms with Crippen molar-refractivity contribution < 1.29 is 33.1 Å². The number of methoxy groups -OCH3 is 2. The average molecular weight is 776 g/mol. The molecule has 4 rings (SSSR count). The van der Waals surface area contributed by atoms with E-state index >= 15 is 0 Å². The number of hydrogen-bond donors (Lipinski definition) is 0. The van der Waals surface area contributed by atoms with Crippen LogP contribution in [0.1, 0.15) is 88.9 Å². The number of carbonyl (C=O) groups excluding carboxylic acids is 4. The number of ether oxygens (including phenoxy) is 2. The van der Waals surface area contributed by atoms with Crippen molar-refractivity contribution in [3.63, 3.8) is 0 Å². The Labute approximate surface area is 301 Å². The number of esters is 2. The highest BCUT2D eigenvalue weighted by atomic mass is 79.9. The molecule has 2 aromatic carbocycles. The summed E-state index contributed by atoms with van der Waals surface area (Å²) in [6, 6.07) is 12.3. The van der Waals surface area contributed by atoms with Gasteiger partial charge in [0.05, 0.1) is 36.8 Å². The molecule has 2 aromatic heterocycles. The van der Waals surface area contributed by atoms with Crippen LogP contribution in [-0.2, 0) is 29.9 Å². The number of fused-ring (bicyclic) bond motifs is 2. The number of ketones is 2. The van der Waals surface area contributed by atoms with Crippen molar-refractivity contribution in [1.29, 1.82) is 0 Å². The van der Waals surface area contributed by atoms with Crippen molar-refractivity contribution in [3.8, 4) is 0 Å². The van der Waals surface area contributed by atoms with Gasteiger partial charge in [-0.1, -0.05) is 42.8 Å². The van der Waals surface area contributed by atoms with E-state index < -0.39 is 8.32 Å². The second-order valence-corrected chi connectivity index (χ2v) is 21.2. The monoisotopic (exact) mass is 774 g/mol. The molecule has 0 aliphatic rings. The Hall–Kier alpha value is -2.70. The Balaban J connectivity index is 0.000000284. The smallest absolute Gasteiger partial charge is 0.305 e. The third-order valence-electron chi connectivity index (χ3n) is 8.75. The predicted molar refractivity (Wildman–Crippen MR) is 203 cm³/mol. The molecule has 0 saturated carbocycles. The SMILES string of the molecule is COC(=O)CCC(=O)c1cc2cc(Br)c(C)cc2s1.COC(=O)CCC(=O)c1cc2cc(CCCO[Si](C)(C)C(C)(C)C)c(C)cc2s1. The van der Waals surface area contributed by atoms with Crippen molar-refractivity contribution in [2.45, 2.75) is 91.3 Å². The van der Waals surface area contributed by atoms with Crippen LogP contribution in [0.15, 0.2) is 40.9 Å². The number of Topliss-reactive ketones (excluding diaryl/α,β-unsaturated/α-hetero) is 2. The van der Waals surface area contributed by atoms with Crippen LogP contribution < -0.4 is 0 Å². The number of carbonyl (C=O) groups is 4. The van der Waals surface area contributed by atoms with E-state index in [0.29, 0.717) is 9.75 Å².